The number of amides is 2. The number of benzene rings is 2. The van der Waals surface area contributed by atoms with E-state index in [1.165, 1.54) is 31.4 Å². The Morgan fingerprint density at radius 1 is 0.962 bits per heavy atom. The molecule has 2 rings (SSSR count). The average Bonchev–Trinajstić information content (AvgIpc) is 2.65. The first-order valence-corrected chi connectivity index (χ1v) is 8.05. The number of hydrazine groups is 1. The van der Waals surface area contributed by atoms with Crippen LogP contribution in [0.1, 0.15) is 31.1 Å². The third kappa shape index (κ3) is 5.01. The van der Waals surface area contributed by atoms with Crippen LogP contribution in [-0.4, -0.2) is 30.0 Å². The Morgan fingerprint density at radius 2 is 1.65 bits per heavy atom. The van der Waals surface area contributed by atoms with E-state index in [2.05, 4.69) is 20.9 Å². The van der Waals surface area contributed by atoms with E-state index in [1.807, 2.05) is 0 Å². The zero-order chi connectivity index (χ0) is 19.1. The van der Waals surface area contributed by atoms with Gasteiger partial charge < -0.3 is 4.74 Å². The molecule has 26 heavy (non-hydrogen) atoms. The molecule has 2 amide bonds. The van der Waals surface area contributed by atoms with Gasteiger partial charge in [0.2, 0.25) is 0 Å². The summed E-state index contributed by atoms with van der Waals surface area (Å²) in [6.45, 7) is 0. The number of thiocarbonyl (C=S) groups is 1. The van der Waals surface area contributed by atoms with Crippen molar-refractivity contribution in [1.82, 2.24) is 16.2 Å². The molecule has 0 spiro atoms. The van der Waals surface area contributed by atoms with Crippen molar-refractivity contribution in [3.05, 3.63) is 70.2 Å². The van der Waals surface area contributed by atoms with E-state index in [0.29, 0.717) is 0 Å². The van der Waals surface area contributed by atoms with Crippen LogP contribution in [0.25, 0.3) is 0 Å². The topological polar surface area (TPSA) is 96.5 Å². The first-order valence-electron chi connectivity index (χ1n) is 7.27. The molecule has 0 aromatic heterocycles. The normalized spacial score (nSPS) is 9.77. The molecule has 0 aliphatic carbocycles. The molecule has 134 valence electrons. The second kappa shape index (κ2) is 8.93. The highest BCUT2D eigenvalue weighted by atomic mass is 35.5. The fraction of sp³-hybridized carbons (Fsp3) is 0.0588. The molecule has 7 nitrogen and oxygen atoms in total. The van der Waals surface area contributed by atoms with Gasteiger partial charge in [-0.05, 0) is 42.5 Å². The van der Waals surface area contributed by atoms with E-state index >= 15 is 0 Å². The van der Waals surface area contributed by atoms with Gasteiger partial charge in [0, 0.05) is 5.56 Å². The molecule has 0 unspecified atom stereocenters. The summed E-state index contributed by atoms with van der Waals surface area (Å²) < 4.78 is 4.60. The second-order valence-electron chi connectivity index (χ2n) is 4.91. The summed E-state index contributed by atoms with van der Waals surface area (Å²) in [7, 11) is 1.25. The largest absolute Gasteiger partial charge is 0.465 e. The molecule has 0 fully saturated rings. The molecule has 0 bridgehead atoms. The molecule has 2 aromatic carbocycles. The fourth-order valence-corrected chi connectivity index (χ4v) is 2.30. The Morgan fingerprint density at radius 3 is 2.35 bits per heavy atom. The van der Waals surface area contributed by atoms with Gasteiger partial charge in [-0.25, -0.2) is 4.79 Å². The van der Waals surface area contributed by atoms with Crippen molar-refractivity contribution in [2.24, 2.45) is 0 Å². The highest BCUT2D eigenvalue weighted by Gasteiger charge is 2.13. The third-order valence-electron chi connectivity index (χ3n) is 3.18. The summed E-state index contributed by atoms with van der Waals surface area (Å²) in [5.41, 5.74) is 5.42. The van der Waals surface area contributed by atoms with Gasteiger partial charge in [-0.3, -0.25) is 25.8 Å². The molecule has 0 atom stereocenters. The lowest BCUT2D eigenvalue weighted by Crippen LogP contribution is -2.48. The molecule has 0 saturated heterocycles. The van der Waals surface area contributed by atoms with E-state index in [0.717, 1.165) is 0 Å². The predicted molar refractivity (Wildman–Crippen MR) is 99.9 cm³/mol. The smallest absolute Gasteiger partial charge is 0.337 e. The minimum atomic E-state index is -0.563. The highest BCUT2D eigenvalue weighted by Crippen LogP contribution is 2.14. The summed E-state index contributed by atoms with van der Waals surface area (Å²) in [5, 5.41) is 2.54. The number of halogens is 1. The Kier molecular flexibility index (Phi) is 6.65. The Bertz CT molecular complexity index is 873. The van der Waals surface area contributed by atoms with Crippen LogP contribution in [-0.2, 0) is 4.74 Å². The molecule has 0 radical (unpaired) electrons. The molecule has 0 aliphatic rings. The van der Waals surface area contributed by atoms with Gasteiger partial charge in [-0.2, -0.15) is 0 Å². The summed E-state index contributed by atoms with van der Waals surface area (Å²) in [6, 6.07) is 12.4. The number of esters is 1. The molecular weight excluding hydrogens is 378 g/mol. The molecule has 0 aliphatic heterocycles. The van der Waals surface area contributed by atoms with Crippen LogP contribution in [0.4, 0.5) is 0 Å². The Labute approximate surface area is 159 Å². The van der Waals surface area contributed by atoms with Crippen LogP contribution in [0.5, 0.6) is 0 Å². The van der Waals surface area contributed by atoms with Gasteiger partial charge in [-0.15, -0.1) is 0 Å². The van der Waals surface area contributed by atoms with Crippen LogP contribution < -0.4 is 16.2 Å². The average molecular weight is 392 g/mol. The summed E-state index contributed by atoms with van der Waals surface area (Å²) in [4.78, 5) is 35.7. The standard InChI is InChI=1S/C17H14ClN3O4S/c1-25-16(24)11-6-4-5-10(9-11)14(22)19-17(26)21-20-15(23)12-7-2-3-8-13(12)18/h2-9H,1H3,(H,20,23)(H2,19,21,22,26). The number of methoxy groups -OCH3 is 1. The van der Waals surface area contributed by atoms with Crippen molar-refractivity contribution >= 4 is 46.7 Å². The van der Waals surface area contributed by atoms with E-state index in [4.69, 9.17) is 23.8 Å². The van der Waals surface area contributed by atoms with Crippen molar-refractivity contribution in [2.75, 3.05) is 7.11 Å². The van der Waals surface area contributed by atoms with Gasteiger partial charge >= 0.3 is 5.97 Å². The summed E-state index contributed by atoms with van der Waals surface area (Å²) in [6.07, 6.45) is 0. The van der Waals surface area contributed by atoms with Crippen LogP contribution in [0.2, 0.25) is 5.02 Å². The maximum atomic E-state index is 12.2. The van der Waals surface area contributed by atoms with Crippen LogP contribution in [0.15, 0.2) is 48.5 Å². The van der Waals surface area contributed by atoms with Gasteiger partial charge in [-0.1, -0.05) is 29.8 Å². The number of ether oxygens (including phenoxy) is 1. The first kappa shape index (κ1) is 19.4. The lowest BCUT2D eigenvalue weighted by Gasteiger charge is -2.11. The minimum absolute atomic E-state index is 0.126. The SMILES string of the molecule is COC(=O)c1cccc(C(=O)NC(=S)NNC(=O)c2ccccc2Cl)c1. The lowest BCUT2D eigenvalue weighted by molar-refractivity contribution is 0.0600. The number of carbonyl (C=O) groups excluding carboxylic acids is 3. The zero-order valence-electron chi connectivity index (χ0n) is 13.5. The maximum absolute atomic E-state index is 12.2. The molecule has 3 N–H and O–H groups in total. The summed E-state index contributed by atoms with van der Waals surface area (Å²) >= 11 is 10.9. The third-order valence-corrected chi connectivity index (χ3v) is 3.71. The Hall–Kier alpha value is -2.97. The monoisotopic (exact) mass is 391 g/mol. The van der Waals surface area contributed by atoms with Gasteiger partial charge in [0.05, 0.1) is 23.3 Å². The predicted octanol–water partition coefficient (Wildman–Crippen LogP) is 2.08. The molecule has 9 heteroatoms. The van der Waals surface area contributed by atoms with E-state index in [1.54, 1.807) is 24.3 Å². The van der Waals surface area contributed by atoms with Crippen molar-refractivity contribution < 1.29 is 19.1 Å². The maximum Gasteiger partial charge on any atom is 0.337 e. The van der Waals surface area contributed by atoms with Crippen LogP contribution in [0, 0.1) is 0 Å². The van der Waals surface area contributed by atoms with E-state index < -0.39 is 17.8 Å². The van der Waals surface area contributed by atoms with Crippen LogP contribution in [0.3, 0.4) is 0 Å². The zero-order valence-corrected chi connectivity index (χ0v) is 15.1. The molecule has 0 heterocycles. The fourth-order valence-electron chi connectivity index (χ4n) is 1.94. The van der Waals surface area contributed by atoms with Gasteiger partial charge in [0.1, 0.15) is 0 Å². The quantitative estimate of drug-likeness (QED) is 0.421. The first-order chi connectivity index (χ1) is 12.4. The highest BCUT2D eigenvalue weighted by molar-refractivity contribution is 7.80. The van der Waals surface area contributed by atoms with Crippen LogP contribution >= 0.6 is 23.8 Å². The van der Waals surface area contributed by atoms with Crippen molar-refractivity contribution in [3.8, 4) is 0 Å². The van der Waals surface area contributed by atoms with Gasteiger partial charge in [0.25, 0.3) is 11.8 Å². The Balaban J connectivity index is 1.93. The lowest BCUT2D eigenvalue weighted by atomic mass is 10.1. The molecule has 2 aromatic rings. The number of hydrogen-bond acceptors (Lipinski definition) is 5. The van der Waals surface area contributed by atoms with E-state index in [-0.39, 0.29) is 26.8 Å². The molecule has 0 saturated carbocycles. The second-order valence-corrected chi connectivity index (χ2v) is 5.73. The van der Waals surface area contributed by atoms with Crippen molar-refractivity contribution in [1.29, 1.82) is 0 Å². The van der Waals surface area contributed by atoms with Crippen molar-refractivity contribution in [3.63, 3.8) is 0 Å². The number of rotatable bonds is 3. The number of hydrogen-bond donors (Lipinski definition) is 3. The number of nitrogens with one attached hydrogen (secondary N) is 3. The minimum Gasteiger partial charge on any atom is -0.465 e. The van der Waals surface area contributed by atoms with Gasteiger partial charge in [0.15, 0.2) is 5.11 Å². The molecular formula is C17H14ClN3O4S. The van der Waals surface area contributed by atoms with E-state index in [9.17, 15) is 14.4 Å². The van der Waals surface area contributed by atoms with Crippen molar-refractivity contribution in [2.45, 2.75) is 0 Å². The summed E-state index contributed by atoms with van der Waals surface area (Å²) in [5.74, 6) is -1.63. The number of carbonyl (C=O) groups is 3.